The van der Waals surface area contributed by atoms with Crippen molar-refractivity contribution in [3.8, 4) is 22.3 Å². The molecule has 0 aliphatic rings. The van der Waals surface area contributed by atoms with Gasteiger partial charge in [-0.05, 0) is 49.2 Å². The van der Waals surface area contributed by atoms with Gasteiger partial charge in [-0.25, -0.2) is 0 Å². The third kappa shape index (κ3) is 4.14. The predicted octanol–water partition coefficient (Wildman–Crippen LogP) is 5.23. The van der Waals surface area contributed by atoms with E-state index in [0.717, 1.165) is 0 Å². The van der Waals surface area contributed by atoms with Gasteiger partial charge in [-0.3, -0.25) is 19.1 Å². The van der Waals surface area contributed by atoms with Gasteiger partial charge in [0.15, 0.2) is 0 Å². The van der Waals surface area contributed by atoms with E-state index in [1.54, 1.807) is 62.4 Å². The Bertz CT molecular complexity index is 1780. The monoisotopic (exact) mass is 520 g/mol. The average Bonchev–Trinajstić information content (AvgIpc) is 2.82. The Balaban J connectivity index is 1.90. The number of aryl methyl sites for hydroxylation is 2. The van der Waals surface area contributed by atoms with Crippen LogP contribution in [0.25, 0.3) is 44.1 Å². The van der Waals surface area contributed by atoms with Crippen LogP contribution in [-0.2, 0) is 20.2 Å². The summed E-state index contributed by atoms with van der Waals surface area (Å²) in [6, 6.07) is 19.3. The van der Waals surface area contributed by atoms with Crippen molar-refractivity contribution in [1.29, 1.82) is 0 Å². The minimum atomic E-state index is -4.49. The summed E-state index contributed by atoms with van der Waals surface area (Å²) in [6.45, 7) is 3.53. The maximum absolute atomic E-state index is 12.1. The molecular formula is C26H20N2O6S2. The molecule has 0 saturated heterocycles. The molecule has 3 aromatic carbocycles. The highest BCUT2D eigenvalue weighted by Gasteiger charge is 2.22. The summed E-state index contributed by atoms with van der Waals surface area (Å²) < 4.78 is 67.9. The van der Waals surface area contributed by atoms with E-state index in [-0.39, 0.29) is 9.79 Å². The standard InChI is InChI=1S/C26H20N2O6S2/c1-15-13-21(17-7-3-5-9-23(17)35(29,30)31)19-11-12-20-22(14-16(2)28-26(20)25(19)27-15)18-8-4-6-10-24(18)36(32,33)34/h3-14H,1-2H3,(H,29,30,31)(H,32,33,34). The number of hydrogen-bond acceptors (Lipinski definition) is 6. The van der Waals surface area contributed by atoms with Gasteiger partial charge in [-0.15, -0.1) is 0 Å². The summed E-state index contributed by atoms with van der Waals surface area (Å²) in [5.74, 6) is 0. The minimum absolute atomic E-state index is 0.225. The first-order valence-electron chi connectivity index (χ1n) is 10.8. The van der Waals surface area contributed by atoms with Crippen LogP contribution in [0.5, 0.6) is 0 Å². The first-order valence-corrected chi connectivity index (χ1v) is 13.7. The molecule has 2 N–H and O–H groups in total. The summed E-state index contributed by atoms with van der Waals surface area (Å²) in [4.78, 5) is 8.92. The quantitative estimate of drug-likeness (QED) is 0.243. The summed E-state index contributed by atoms with van der Waals surface area (Å²) in [6.07, 6.45) is 0. The van der Waals surface area contributed by atoms with Crippen molar-refractivity contribution in [2.75, 3.05) is 0 Å². The van der Waals surface area contributed by atoms with Gasteiger partial charge in [0.2, 0.25) is 0 Å². The van der Waals surface area contributed by atoms with Crippen LogP contribution in [0.1, 0.15) is 11.4 Å². The second-order valence-corrected chi connectivity index (χ2v) is 11.2. The Morgan fingerprint density at radius 3 is 1.28 bits per heavy atom. The number of hydrogen-bond donors (Lipinski definition) is 2. The highest BCUT2D eigenvalue weighted by Crippen LogP contribution is 2.39. The molecule has 10 heteroatoms. The maximum atomic E-state index is 12.1. The van der Waals surface area contributed by atoms with E-state index in [2.05, 4.69) is 9.97 Å². The zero-order valence-electron chi connectivity index (χ0n) is 19.2. The smallest absolute Gasteiger partial charge is 0.282 e. The van der Waals surface area contributed by atoms with Crippen LogP contribution < -0.4 is 0 Å². The fraction of sp³-hybridized carbons (Fsp3) is 0.0769. The molecule has 2 heterocycles. The molecule has 0 bridgehead atoms. The zero-order valence-corrected chi connectivity index (χ0v) is 20.8. The lowest BCUT2D eigenvalue weighted by Gasteiger charge is -2.15. The number of pyridine rings is 2. The molecule has 8 nitrogen and oxygen atoms in total. The fourth-order valence-corrected chi connectivity index (χ4v) is 5.92. The highest BCUT2D eigenvalue weighted by molar-refractivity contribution is 7.86. The SMILES string of the molecule is Cc1cc(-c2ccccc2S(=O)(=O)O)c2ccc3c(-c4ccccc4S(=O)(=O)O)cc(C)nc3c2n1. The van der Waals surface area contributed by atoms with Gasteiger partial charge in [-0.1, -0.05) is 48.5 Å². The topological polar surface area (TPSA) is 135 Å². The summed E-state index contributed by atoms with van der Waals surface area (Å²) >= 11 is 0. The van der Waals surface area contributed by atoms with Gasteiger partial charge in [0.05, 0.1) is 11.0 Å². The van der Waals surface area contributed by atoms with E-state index in [9.17, 15) is 25.9 Å². The molecule has 0 amide bonds. The van der Waals surface area contributed by atoms with Crippen molar-refractivity contribution in [2.45, 2.75) is 23.6 Å². The first-order chi connectivity index (χ1) is 16.9. The summed E-state index contributed by atoms with van der Waals surface area (Å²) in [7, 11) is -8.98. The molecule has 0 aliphatic heterocycles. The third-order valence-electron chi connectivity index (χ3n) is 5.92. The lowest BCUT2D eigenvalue weighted by molar-refractivity contribution is 0.481. The van der Waals surface area contributed by atoms with E-state index >= 15 is 0 Å². The first kappa shape index (κ1) is 24.0. The molecule has 0 radical (unpaired) electrons. The van der Waals surface area contributed by atoms with Gasteiger partial charge in [0, 0.05) is 33.3 Å². The number of aromatic nitrogens is 2. The molecular weight excluding hydrogens is 500 g/mol. The number of fused-ring (bicyclic) bond motifs is 3. The third-order valence-corrected chi connectivity index (χ3v) is 7.75. The fourth-order valence-electron chi connectivity index (χ4n) is 4.51. The van der Waals surface area contributed by atoms with Gasteiger partial charge in [0.1, 0.15) is 9.79 Å². The Morgan fingerprint density at radius 1 is 0.556 bits per heavy atom. The van der Waals surface area contributed by atoms with Crippen LogP contribution in [0.4, 0.5) is 0 Å². The van der Waals surface area contributed by atoms with E-state index in [1.165, 1.54) is 24.3 Å². The van der Waals surface area contributed by atoms with E-state index in [4.69, 9.17) is 0 Å². The second-order valence-electron chi connectivity index (χ2n) is 8.42. The molecule has 0 atom stereocenters. The highest BCUT2D eigenvalue weighted by atomic mass is 32.2. The Labute approximate surface area is 207 Å². The van der Waals surface area contributed by atoms with Crippen molar-refractivity contribution >= 4 is 42.0 Å². The van der Waals surface area contributed by atoms with Crippen LogP contribution in [0.3, 0.4) is 0 Å². The molecule has 5 rings (SSSR count). The van der Waals surface area contributed by atoms with Crippen molar-refractivity contribution in [3.63, 3.8) is 0 Å². The normalized spacial score (nSPS) is 12.3. The van der Waals surface area contributed by atoms with Gasteiger partial charge >= 0.3 is 0 Å². The molecule has 5 aromatic rings. The largest absolute Gasteiger partial charge is 0.295 e. The molecule has 0 spiro atoms. The second kappa shape index (κ2) is 8.45. The van der Waals surface area contributed by atoms with Gasteiger partial charge < -0.3 is 0 Å². The molecule has 0 unspecified atom stereocenters. The van der Waals surface area contributed by atoms with Crippen LogP contribution >= 0.6 is 0 Å². The summed E-state index contributed by atoms with van der Waals surface area (Å²) in [5, 5.41) is 1.22. The molecule has 0 fully saturated rings. The minimum Gasteiger partial charge on any atom is -0.282 e. The maximum Gasteiger partial charge on any atom is 0.295 e. The predicted molar refractivity (Wildman–Crippen MR) is 137 cm³/mol. The van der Waals surface area contributed by atoms with Crippen LogP contribution in [0.15, 0.2) is 82.6 Å². The number of rotatable bonds is 4. The van der Waals surface area contributed by atoms with Crippen molar-refractivity contribution in [3.05, 3.63) is 84.2 Å². The summed E-state index contributed by atoms with van der Waals surface area (Å²) in [5.41, 5.74) is 3.91. The van der Waals surface area contributed by atoms with Crippen LogP contribution in [-0.4, -0.2) is 35.9 Å². The van der Waals surface area contributed by atoms with Crippen molar-refractivity contribution < 1.29 is 25.9 Å². The van der Waals surface area contributed by atoms with Gasteiger partial charge in [-0.2, -0.15) is 16.8 Å². The zero-order chi connectivity index (χ0) is 25.8. The van der Waals surface area contributed by atoms with E-state index in [1.807, 2.05) is 0 Å². The average molecular weight is 521 g/mol. The molecule has 0 saturated carbocycles. The van der Waals surface area contributed by atoms with Crippen LogP contribution in [0.2, 0.25) is 0 Å². The van der Waals surface area contributed by atoms with Crippen molar-refractivity contribution in [1.82, 2.24) is 9.97 Å². The Hall–Kier alpha value is -3.70. The number of nitrogens with zero attached hydrogens (tertiary/aromatic N) is 2. The lowest BCUT2D eigenvalue weighted by atomic mass is 9.95. The van der Waals surface area contributed by atoms with Crippen molar-refractivity contribution in [2.24, 2.45) is 0 Å². The van der Waals surface area contributed by atoms with Crippen LogP contribution in [0, 0.1) is 13.8 Å². The Morgan fingerprint density at radius 2 is 0.917 bits per heavy atom. The Kier molecular flexibility index (Phi) is 5.64. The van der Waals surface area contributed by atoms with Gasteiger partial charge in [0.25, 0.3) is 20.2 Å². The number of benzene rings is 3. The molecule has 182 valence electrons. The lowest BCUT2D eigenvalue weighted by Crippen LogP contribution is -2.02. The molecule has 0 aliphatic carbocycles. The molecule has 36 heavy (non-hydrogen) atoms. The van der Waals surface area contributed by atoms with E-state index in [0.29, 0.717) is 55.4 Å². The molecule has 2 aromatic heterocycles. The van der Waals surface area contributed by atoms with E-state index < -0.39 is 20.2 Å².